The quantitative estimate of drug-likeness (QED) is 0.626. The SMILES string of the molecule is Fc1cc(F)c(Nc2cc(Cl)cc(C(F)(F)F)c2)nc1F. The Labute approximate surface area is 119 Å². The predicted molar refractivity (Wildman–Crippen MR) is 63.8 cm³/mol. The molecule has 112 valence electrons. The Kier molecular flexibility index (Phi) is 3.99. The van der Waals surface area contributed by atoms with Crippen LogP contribution in [0.25, 0.3) is 0 Å². The summed E-state index contributed by atoms with van der Waals surface area (Å²) in [4.78, 5) is 2.94. The molecule has 0 amide bonds. The monoisotopic (exact) mass is 326 g/mol. The fourth-order valence-corrected chi connectivity index (χ4v) is 1.73. The molecule has 0 saturated heterocycles. The summed E-state index contributed by atoms with van der Waals surface area (Å²) in [6.45, 7) is 0. The van der Waals surface area contributed by atoms with E-state index in [9.17, 15) is 26.3 Å². The highest BCUT2D eigenvalue weighted by molar-refractivity contribution is 6.31. The highest BCUT2D eigenvalue weighted by atomic mass is 35.5. The fourth-order valence-electron chi connectivity index (χ4n) is 1.49. The van der Waals surface area contributed by atoms with Crippen molar-refractivity contribution in [2.45, 2.75) is 6.18 Å². The number of nitrogens with zero attached hydrogens (tertiary/aromatic N) is 1. The molecule has 2 rings (SSSR count). The lowest BCUT2D eigenvalue weighted by atomic mass is 10.2. The molecule has 0 spiro atoms. The van der Waals surface area contributed by atoms with Crippen molar-refractivity contribution in [2.75, 3.05) is 5.32 Å². The average molecular weight is 327 g/mol. The Morgan fingerprint density at radius 2 is 1.62 bits per heavy atom. The molecule has 2 nitrogen and oxygen atoms in total. The number of rotatable bonds is 2. The second-order valence-electron chi connectivity index (χ2n) is 3.94. The first-order valence-corrected chi connectivity index (χ1v) is 5.71. The topological polar surface area (TPSA) is 24.9 Å². The minimum Gasteiger partial charge on any atom is -0.338 e. The molecule has 0 aliphatic heterocycles. The van der Waals surface area contributed by atoms with E-state index in [1.165, 1.54) is 0 Å². The Morgan fingerprint density at radius 3 is 2.24 bits per heavy atom. The molecule has 9 heteroatoms. The molecule has 0 aliphatic rings. The molecule has 0 unspecified atom stereocenters. The van der Waals surface area contributed by atoms with E-state index in [0.717, 1.165) is 6.07 Å². The average Bonchev–Trinajstić information content (AvgIpc) is 2.34. The van der Waals surface area contributed by atoms with Gasteiger partial charge in [0, 0.05) is 16.8 Å². The summed E-state index contributed by atoms with van der Waals surface area (Å²) >= 11 is 5.53. The summed E-state index contributed by atoms with van der Waals surface area (Å²) in [5.41, 5.74) is -1.35. The van der Waals surface area contributed by atoms with Gasteiger partial charge in [0.1, 0.15) is 0 Å². The summed E-state index contributed by atoms with van der Waals surface area (Å²) in [6, 6.07) is 2.58. The van der Waals surface area contributed by atoms with Crippen LogP contribution < -0.4 is 5.32 Å². The predicted octanol–water partition coefficient (Wildman–Crippen LogP) is 4.91. The number of aromatic nitrogens is 1. The molecule has 21 heavy (non-hydrogen) atoms. The molecule has 0 saturated carbocycles. The summed E-state index contributed by atoms with van der Waals surface area (Å²) in [7, 11) is 0. The Hall–Kier alpha value is -1.96. The van der Waals surface area contributed by atoms with E-state index in [1.807, 2.05) is 0 Å². The minimum atomic E-state index is -4.67. The van der Waals surface area contributed by atoms with Crippen molar-refractivity contribution >= 4 is 23.1 Å². The van der Waals surface area contributed by atoms with E-state index in [4.69, 9.17) is 11.6 Å². The van der Waals surface area contributed by atoms with E-state index in [-0.39, 0.29) is 16.8 Å². The highest BCUT2D eigenvalue weighted by Gasteiger charge is 2.31. The van der Waals surface area contributed by atoms with E-state index < -0.39 is 35.1 Å². The van der Waals surface area contributed by atoms with Crippen molar-refractivity contribution in [3.05, 3.63) is 52.4 Å². The van der Waals surface area contributed by atoms with E-state index in [2.05, 4.69) is 10.3 Å². The third kappa shape index (κ3) is 3.57. The van der Waals surface area contributed by atoms with Crippen molar-refractivity contribution in [3.63, 3.8) is 0 Å². The zero-order chi connectivity index (χ0) is 15.8. The van der Waals surface area contributed by atoms with Crippen molar-refractivity contribution in [1.29, 1.82) is 0 Å². The van der Waals surface area contributed by atoms with E-state index in [1.54, 1.807) is 0 Å². The lowest BCUT2D eigenvalue weighted by molar-refractivity contribution is -0.137. The third-order valence-electron chi connectivity index (χ3n) is 2.37. The van der Waals surface area contributed by atoms with Gasteiger partial charge < -0.3 is 5.32 Å². The van der Waals surface area contributed by atoms with Gasteiger partial charge in [0.2, 0.25) is 0 Å². The van der Waals surface area contributed by atoms with Gasteiger partial charge in [0.05, 0.1) is 5.56 Å². The number of benzene rings is 1. The number of halogens is 7. The summed E-state index contributed by atoms with van der Waals surface area (Å²) in [5.74, 6) is -5.12. The number of hydrogen-bond acceptors (Lipinski definition) is 2. The zero-order valence-corrected chi connectivity index (χ0v) is 10.7. The molecule has 1 N–H and O–H groups in total. The van der Waals surface area contributed by atoms with Crippen LogP contribution in [-0.2, 0) is 6.18 Å². The van der Waals surface area contributed by atoms with Crippen molar-refractivity contribution in [3.8, 4) is 0 Å². The molecular weight excluding hydrogens is 322 g/mol. The largest absolute Gasteiger partial charge is 0.416 e. The first-order chi connectivity index (χ1) is 9.66. The summed E-state index contributed by atoms with van der Waals surface area (Å²) in [5, 5.41) is 1.85. The van der Waals surface area contributed by atoms with Crippen LogP contribution in [0.15, 0.2) is 24.3 Å². The number of hydrogen-bond donors (Lipinski definition) is 1. The normalized spacial score (nSPS) is 11.6. The zero-order valence-electron chi connectivity index (χ0n) is 9.90. The molecule has 0 aliphatic carbocycles. The lowest BCUT2D eigenvalue weighted by Gasteiger charge is -2.11. The van der Waals surface area contributed by atoms with Crippen molar-refractivity contribution < 1.29 is 26.3 Å². The maximum absolute atomic E-state index is 13.4. The number of anilines is 2. The molecule has 2 aromatic rings. The van der Waals surface area contributed by atoms with Crippen molar-refractivity contribution in [2.24, 2.45) is 0 Å². The van der Waals surface area contributed by atoms with Crippen LogP contribution in [0.3, 0.4) is 0 Å². The van der Waals surface area contributed by atoms with Gasteiger partial charge >= 0.3 is 6.18 Å². The first kappa shape index (κ1) is 15.4. The van der Waals surface area contributed by atoms with Crippen LogP contribution in [0.2, 0.25) is 5.02 Å². The summed E-state index contributed by atoms with van der Waals surface area (Å²) < 4.78 is 76.8. The molecule has 0 radical (unpaired) electrons. The van der Waals surface area contributed by atoms with E-state index in [0.29, 0.717) is 12.1 Å². The second kappa shape index (κ2) is 5.44. The van der Waals surface area contributed by atoms with Gasteiger partial charge in [-0.15, -0.1) is 0 Å². The minimum absolute atomic E-state index is 0.222. The third-order valence-corrected chi connectivity index (χ3v) is 2.59. The molecule has 1 aromatic heterocycles. The number of pyridine rings is 1. The van der Waals surface area contributed by atoms with Crippen LogP contribution in [0.4, 0.5) is 37.8 Å². The van der Waals surface area contributed by atoms with Crippen LogP contribution in [0.5, 0.6) is 0 Å². The maximum atomic E-state index is 13.4. The molecule has 0 atom stereocenters. The number of nitrogens with one attached hydrogen (secondary N) is 1. The number of alkyl halides is 3. The molecule has 1 heterocycles. The molecule has 0 fully saturated rings. The van der Waals surface area contributed by atoms with Crippen LogP contribution in [0, 0.1) is 17.6 Å². The van der Waals surface area contributed by atoms with E-state index >= 15 is 0 Å². The highest BCUT2D eigenvalue weighted by Crippen LogP contribution is 2.34. The van der Waals surface area contributed by atoms with Gasteiger partial charge in [0.25, 0.3) is 5.95 Å². The smallest absolute Gasteiger partial charge is 0.338 e. The van der Waals surface area contributed by atoms with Gasteiger partial charge in [-0.1, -0.05) is 11.6 Å². The maximum Gasteiger partial charge on any atom is 0.416 e. The van der Waals surface area contributed by atoms with Crippen LogP contribution in [0.1, 0.15) is 5.56 Å². The van der Waals surface area contributed by atoms with Crippen molar-refractivity contribution in [1.82, 2.24) is 4.98 Å². The summed E-state index contributed by atoms with van der Waals surface area (Å²) in [6.07, 6.45) is -4.67. The Bertz CT molecular complexity index is 686. The van der Waals surface area contributed by atoms with Gasteiger partial charge in [0.15, 0.2) is 17.5 Å². The second-order valence-corrected chi connectivity index (χ2v) is 4.38. The van der Waals surface area contributed by atoms with Gasteiger partial charge in [-0.3, -0.25) is 0 Å². The Balaban J connectivity index is 2.40. The van der Waals surface area contributed by atoms with Gasteiger partial charge in [-0.25, -0.2) is 8.78 Å². The van der Waals surface area contributed by atoms with Crippen LogP contribution in [-0.4, -0.2) is 4.98 Å². The Morgan fingerprint density at radius 1 is 0.952 bits per heavy atom. The van der Waals surface area contributed by atoms with Crippen LogP contribution >= 0.6 is 11.6 Å². The standard InChI is InChI=1S/C12H5ClF6N2/c13-6-1-5(12(17,18)19)2-7(3-6)20-11-9(15)4-8(14)10(16)21-11/h1-4H,(H,20,21). The first-order valence-electron chi connectivity index (χ1n) is 5.33. The van der Waals surface area contributed by atoms with Gasteiger partial charge in [-0.2, -0.15) is 22.5 Å². The molecular formula is C12H5ClF6N2. The lowest BCUT2D eigenvalue weighted by Crippen LogP contribution is -2.07. The fraction of sp³-hybridized carbons (Fsp3) is 0.0833. The van der Waals surface area contributed by atoms with Gasteiger partial charge in [-0.05, 0) is 18.2 Å². The molecule has 0 bridgehead atoms. The molecule has 1 aromatic carbocycles.